The summed E-state index contributed by atoms with van der Waals surface area (Å²) in [5.74, 6) is 0.312. The van der Waals surface area contributed by atoms with Crippen molar-refractivity contribution in [2.24, 2.45) is 0 Å². The maximum Gasteiger partial charge on any atom is 0.257 e. The number of carbonyl (C=O) groups excluding carboxylic acids is 1. The van der Waals surface area contributed by atoms with E-state index in [1.165, 1.54) is 5.69 Å². The maximum absolute atomic E-state index is 12.8. The number of hydrogen-bond acceptors (Lipinski definition) is 5. The van der Waals surface area contributed by atoms with E-state index in [0.29, 0.717) is 34.1 Å². The molecule has 1 aliphatic heterocycles. The molecule has 2 heterocycles. The third-order valence-electron chi connectivity index (χ3n) is 5.65. The molecule has 1 aliphatic rings. The highest BCUT2D eigenvalue weighted by atomic mass is 35.5. The van der Waals surface area contributed by atoms with Crippen molar-refractivity contribution >= 4 is 23.2 Å². The van der Waals surface area contributed by atoms with E-state index in [1.54, 1.807) is 13.0 Å². The van der Waals surface area contributed by atoms with Crippen molar-refractivity contribution in [1.29, 1.82) is 0 Å². The smallest absolute Gasteiger partial charge is 0.257 e. The summed E-state index contributed by atoms with van der Waals surface area (Å²) in [4.78, 5) is 17.7. The Hall–Kier alpha value is -2.83. The second kappa shape index (κ2) is 9.98. The number of nitrogens with zero attached hydrogens (tertiary/aromatic N) is 3. The monoisotopic (exact) mass is 438 g/mol. The average Bonchev–Trinajstić information content (AvgIpc) is 3.19. The maximum atomic E-state index is 12.8. The summed E-state index contributed by atoms with van der Waals surface area (Å²) in [7, 11) is 0. The zero-order valence-electron chi connectivity index (χ0n) is 17.7. The molecule has 1 amide bonds. The number of hydrogen-bond donors (Lipinski definition) is 1. The first-order valence-corrected chi connectivity index (χ1v) is 11.0. The van der Waals surface area contributed by atoms with Crippen molar-refractivity contribution in [2.75, 3.05) is 44.2 Å². The number of aryl methyl sites for hydroxylation is 1. The second-order valence-corrected chi connectivity index (χ2v) is 8.12. The number of nitrogens with one attached hydrogen (secondary N) is 1. The molecule has 7 heteroatoms. The summed E-state index contributed by atoms with van der Waals surface area (Å²) in [5.41, 5.74) is 2.91. The Labute approximate surface area is 187 Å². The number of piperazine rings is 1. The molecule has 0 saturated carbocycles. The van der Waals surface area contributed by atoms with Gasteiger partial charge in [-0.3, -0.25) is 9.69 Å². The first kappa shape index (κ1) is 21.4. The molecule has 2 aromatic carbocycles. The lowest BCUT2D eigenvalue weighted by molar-refractivity contribution is 0.0950. The van der Waals surface area contributed by atoms with Crippen molar-refractivity contribution in [1.82, 2.24) is 15.4 Å². The number of amides is 1. The molecule has 31 heavy (non-hydrogen) atoms. The van der Waals surface area contributed by atoms with Gasteiger partial charge >= 0.3 is 0 Å². The SMILES string of the molecule is Cc1onc(-c2ccccc2Cl)c1C(=O)NCCCN1CCN(c2ccccc2)CC1. The number of para-hydroxylation sites is 1. The number of carbonyl (C=O) groups is 1. The van der Waals surface area contributed by atoms with Crippen molar-refractivity contribution in [2.45, 2.75) is 13.3 Å². The minimum atomic E-state index is -0.178. The molecule has 1 aromatic heterocycles. The topological polar surface area (TPSA) is 61.6 Å². The molecule has 0 radical (unpaired) electrons. The normalized spacial score (nSPS) is 14.6. The van der Waals surface area contributed by atoms with Gasteiger partial charge in [-0.05, 0) is 38.1 Å². The lowest BCUT2D eigenvalue weighted by atomic mass is 10.1. The van der Waals surface area contributed by atoms with Crippen molar-refractivity contribution in [3.63, 3.8) is 0 Å². The second-order valence-electron chi connectivity index (χ2n) is 7.72. The first-order valence-electron chi connectivity index (χ1n) is 10.6. The zero-order chi connectivity index (χ0) is 21.6. The van der Waals surface area contributed by atoms with Crippen molar-refractivity contribution in [3.05, 3.63) is 70.9 Å². The molecular formula is C24H27ClN4O2. The van der Waals surface area contributed by atoms with Crippen LogP contribution in [0.3, 0.4) is 0 Å². The van der Waals surface area contributed by atoms with Gasteiger partial charge in [-0.25, -0.2) is 0 Å². The molecular weight excluding hydrogens is 412 g/mol. The Morgan fingerprint density at radius 3 is 2.52 bits per heavy atom. The predicted octanol–water partition coefficient (Wildman–Crippen LogP) is 4.25. The van der Waals surface area contributed by atoms with E-state index >= 15 is 0 Å². The first-order chi connectivity index (χ1) is 15.1. The molecule has 0 spiro atoms. The van der Waals surface area contributed by atoms with Gasteiger partial charge in [0.1, 0.15) is 17.0 Å². The van der Waals surface area contributed by atoms with E-state index in [-0.39, 0.29) is 5.91 Å². The van der Waals surface area contributed by atoms with Crippen LogP contribution in [0.2, 0.25) is 5.02 Å². The minimum Gasteiger partial charge on any atom is -0.369 e. The Morgan fingerprint density at radius 1 is 1.06 bits per heavy atom. The van der Waals surface area contributed by atoms with E-state index in [4.69, 9.17) is 16.1 Å². The van der Waals surface area contributed by atoms with Crippen LogP contribution in [0.4, 0.5) is 5.69 Å². The molecule has 0 unspecified atom stereocenters. The van der Waals surface area contributed by atoms with Crippen LogP contribution in [0, 0.1) is 6.92 Å². The van der Waals surface area contributed by atoms with Crippen LogP contribution in [0.15, 0.2) is 59.1 Å². The summed E-state index contributed by atoms with van der Waals surface area (Å²) < 4.78 is 5.29. The van der Waals surface area contributed by atoms with E-state index in [0.717, 1.165) is 39.1 Å². The Balaban J connectivity index is 1.26. The minimum absolute atomic E-state index is 0.178. The fourth-order valence-corrected chi connectivity index (χ4v) is 4.16. The van der Waals surface area contributed by atoms with Gasteiger partial charge in [0.2, 0.25) is 0 Å². The van der Waals surface area contributed by atoms with Gasteiger partial charge in [-0.15, -0.1) is 0 Å². The summed E-state index contributed by atoms with van der Waals surface area (Å²) >= 11 is 6.28. The van der Waals surface area contributed by atoms with Gasteiger partial charge < -0.3 is 14.7 Å². The van der Waals surface area contributed by atoms with Crippen LogP contribution >= 0.6 is 11.6 Å². The molecule has 3 aromatic rings. The largest absolute Gasteiger partial charge is 0.369 e. The number of aromatic nitrogens is 1. The molecule has 1 saturated heterocycles. The molecule has 1 fully saturated rings. The van der Waals surface area contributed by atoms with Crippen molar-refractivity contribution < 1.29 is 9.32 Å². The molecule has 0 bridgehead atoms. The molecule has 1 N–H and O–H groups in total. The van der Waals surface area contributed by atoms with Crippen LogP contribution in [-0.2, 0) is 0 Å². The van der Waals surface area contributed by atoms with Crippen LogP contribution in [0.1, 0.15) is 22.5 Å². The Bertz CT molecular complexity index is 1010. The number of halogens is 1. The lowest BCUT2D eigenvalue weighted by Crippen LogP contribution is -2.47. The Kier molecular flexibility index (Phi) is 6.89. The molecule has 0 atom stereocenters. The van der Waals surface area contributed by atoms with Crippen molar-refractivity contribution in [3.8, 4) is 11.3 Å². The lowest BCUT2D eigenvalue weighted by Gasteiger charge is -2.36. The predicted molar refractivity (Wildman–Crippen MR) is 124 cm³/mol. The standard InChI is InChI=1S/C24H27ClN4O2/c1-18-22(23(27-31-18)20-10-5-6-11-21(20)25)24(30)26-12-7-13-28-14-16-29(17-15-28)19-8-3-2-4-9-19/h2-6,8-11H,7,12-17H2,1H3,(H,26,30). The van der Waals surface area contributed by atoms with Gasteiger partial charge in [-0.1, -0.05) is 53.2 Å². The van der Waals surface area contributed by atoms with E-state index in [2.05, 4.69) is 44.5 Å². The quantitative estimate of drug-likeness (QED) is 0.559. The highest BCUT2D eigenvalue weighted by Gasteiger charge is 2.23. The van der Waals surface area contributed by atoms with Gasteiger partial charge in [0.15, 0.2) is 0 Å². The van der Waals surface area contributed by atoms with E-state index < -0.39 is 0 Å². The fourth-order valence-electron chi connectivity index (χ4n) is 3.94. The molecule has 0 aliphatic carbocycles. The van der Waals surface area contributed by atoms with Crippen LogP contribution in [0.25, 0.3) is 11.3 Å². The summed E-state index contributed by atoms with van der Waals surface area (Å²) in [5, 5.41) is 7.62. The third kappa shape index (κ3) is 5.09. The number of anilines is 1. The molecule has 162 valence electrons. The fraction of sp³-hybridized carbons (Fsp3) is 0.333. The number of rotatable bonds is 7. The van der Waals surface area contributed by atoms with Gasteiger partial charge in [-0.2, -0.15) is 0 Å². The number of benzene rings is 2. The van der Waals surface area contributed by atoms with E-state index in [1.807, 2.05) is 24.3 Å². The summed E-state index contributed by atoms with van der Waals surface area (Å²) in [6, 6.07) is 17.9. The average molecular weight is 439 g/mol. The summed E-state index contributed by atoms with van der Waals surface area (Å²) in [6.07, 6.45) is 0.892. The summed E-state index contributed by atoms with van der Waals surface area (Å²) in [6.45, 7) is 7.42. The van der Waals surface area contributed by atoms with Crippen LogP contribution in [-0.4, -0.2) is 55.2 Å². The van der Waals surface area contributed by atoms with Gasteiger partial charge in [0.05, 0.1) is 5.02 Å². The van der Waals surface area contributed by atoms with Crippen LogP contribution < -0.4 is 10.2 Å². The molecule has 6 nitrogen and oxygen atoms in total. The van der Waals surface area contributed by atoms with Crippen LogP contribution in [0.5, 0.6) is 0 Å². The zero-order valence-corrected chi connectivity index (χ0v) is 18.4. The molecule has 4 rings (SSSR count). The highest BCUT2D eigenvalue weighted by molar-refractivity contribution is 6.33. The Morgan fingerprint density at radius 2 is 1.77 bits per heavy atom. The van der Waals surface area contributed by atoms with E-state index in [9.17, 15) is 4.79 Å². The highest BCUT2D eigenvalue weighted by Crippen LogP contribution is 2.30. The third-order valence-corrected chi connectivity index (χ3v) is 5.98. The van der Waals surface area contributed by atoms with Gasteiger partial charge in [0, 0.05) is 44.0 Å². The van der Waals surface area contributed by atoms with Gasteiger partial charge in [0.25, 0.3) is 5.91 Å².